The molecule has 0 saturated carbocycles. The number of hydrogen-bond acceptors (Lipinski definition) is 5. The van der Waals surface area contributed by atoms with Gasteiger partial charge in [-0.25, -0.2) is 0 Å². The SMILES string of the molecule is COCCCNC(=O)CCc1nc(-c2ccccc2C)no1. The van der Waals surface area contributed by atoms with Crippen LogP contribution in [0.4, 0.5) is 0 Å². The van der Waals surface area contributed by atoms with Gasteiger partial charge in [0.05, 0.1) is 0 Å². The van der Waals surface area contributed by atoms with E-state index >= 15 is 0 Å². The quantitative estimate of drug-likeness (QED) is 0.756. The fourth-order valence-electron chi connectivity index (χ4n) is 2.04. The van der Waals surface area contributed by atoms with Gasteiger partial charge in [0.1, 0.15) is 0 Å². The van der Waals surface area contributed by atoms with Crippen molar-refractivity contribution in [2.75, 3.05) is 20.3 Å². The number of rotatable bonds is 8. The highest BCUT2D eigenvalue weighted by Gasteiger charge is 2.11. The number of benzene rings is 1. The zero-order chi connectivity index (χ0) is 15.8. The standard InChI is InChI=1S/C16H21N3O3/c1-12-6-3-4-7-13(12)16-18-15(22-19-16)9-8-14(20)17-10-5-11-21-2/h3-4,6-7H,5,8-11H2,1-2H3,(H,17,20). The lowest BCUT2D eigenvalue weighted by molar-refractivity contribution is -0.121. The van der Waals surface area contributed by atoms with Crippen molar-refractivity contribution in [3.63, 3.8) is 0 Å². The van der Waals surface area contributed by atoms with Gasteiger partial charge < -0.3 is 14.6 Å². The Balaban J connectivity index is 1.83. The Kier molecular flexibility index (Phi) is 6.09. The van der Waals surface area contributed by atoms with Gasteiger partial charge in [-0.15, -0.1) is 0 Å². The fourth-order valence-corrected chi connectivity index (χ4v) is 2.04. The van der Waals surface area contributed by atoms with Crippen LogP contribution in [-0.4, -0.2) is 36.3 Å². The first-order valence-electron chi connectivity index (χ1n) is 7.35. The average molecular weight is 303 g/mol. The van der Waals surface area contributed by atoms with Crippen LogP contribution in [-0.2, 0) is 16.0 Å². The van der Waals surface area contributed by atoms with Crippen LogP contribution in [0.1, 0.15) is 24.3 Å². The molecule has 1 N–H and O–H groups in total. The zero-order valence-electron chi connectivity index (χ0n) is 13.0. The third kappa shape index (κ3) is 4.66. The first-order chi connectivity index (χ1) is 10.7. The number of aromatic nitrogens is 2. The molecule has 0 bridgehead atoms. The maximum absolute atomic E-state index is 11.7. The Morgan fingerprint density at radius 1 is 1.36 bits per heavy atom. The van der Waals surface area contributed by atoms with E-state index in [1.54, 1.807) is 7.11 Å². The highest BCUT2D eigenvalue weighted by atomic mass is 16.5. The van der Waals surface area contributed by atoms with Crippen molar-refractivity contribution in [1.29, 1.82) is 0 Å². The Labute approximate surface area is 129 Å². The molecule has 0 radical (unpaired) electrons. The molecule has 2 rings (SSSR count). The molecular weight excluding hydrogens is 282 g/mol. The van der Waals surface area contributed by atoms with Gasteiger partial charge in [0.15, 0.2) is 0 Å². The van der Waals surface area contributed by atoms with E-state index in [0.717, 1.165) is 17.5 Å². The smallest absolute Gasteiger partial charge is 0.227 e. The topological polar surface area (TPSA) is 77.2 Å². The molecule has 0 unspecified atom stereocenters. The minimum absolute atomic E-state index is 0.0215. The molecule has 0 aliphatic rings. The van der Waals surface area contributed by atoms with Crippen LogP contribution in [0.5, 0.6) is 0 Å². The van der Waals surface area contributed by atoms with Gasteiger partial charge in [-0.3, -0.25) is 4.79 Å². The van der Waals surface area contributed by atoms with Crippen molar-refractivity contribution >= 4 is 5.91 Å². The molecule has 1 heterocycles. The van der Waals surface area contributed by atoms with E-state index in [9.17, 15) is 4.79 Å². The largest absolute Gasteiger partial charge is 0.385 e. The summed E-state index contributed by atoms with van der Waals surface area (Å²) in [5.74, 6) is 1.02. The summed E-state index contributed by atoms with van der Waals surface area (Å²) in [5, 5.41) is 6.80. The first-order valence-corrected chi connectivity index (χ1v) is 7.35. The summed E-state index contributed by atoms with van der Waals surface area (Å²) in [6.07, 6.45) is 1.58. The van der Waals surface area contributed by atoms with Gasteiger partial charge in [-0.2, -0.15) is 4.98 Å². The third-order valence-corrected chi connectivity index (χ3v) is 3.27. The van der Waals surface area contributed by atoms with Crippen molar-refractivity contribution in [2.24, 2.45) is 0 Å². The summed E-state index contributed by atoms with van der Waals surface area (Å²) in [5.41, 5.74) is 2.03. The van der Waals surface area contributed by atoms with Crippen LogP contribution < -0.4 is 5.32 Å². The number of carbonyl (C=O) groups excluding carboxylic acids is 1. The number of methoxy groups -OCH3 is 1. The molecular formula is C16H21N3O3. The Morgan fingerprint density at radius 2 is 2.18 bits per heavy atom. The number of nitrogens with zero attached hydrogens (tertiary/aromatic N) is 2. The molecule has 2 aromatic rings. The van der Waals surface area contributed by atoms with Gasteiger partial charge in [0.25, 0.3) is 0 Å². The van der Waals surface area contributed by atoms with Crippen LogP contribution in [0.15, 0.2) is 28.8 Å². The van der Waals surface area contributed by atoms with Crippen LogP contribution in [0.25, 0.3) is 11.4 Å². The number of aryl methyl sites for hydroxylation is 2. The molecule has 0 aliphatic carbocycles. The highest BCUT2D eigenvalue weighted by molar-refractivity contribution is 5.76. The Morgan fingerprint density at radius 3 is 2.95 bits per heavy atom. The van der Waals surface area contributed by atoms with E-state index < -0.39 is 0 Å². The minimum atomic E-state index is -0.0215. The summed E-state index contributed by atoms with van der Waals surface area (Å²) in [6, 6.07) is 7.85. The predicted octanol–water partition coefficient (Wildman–Crippen LogP) is 2.13. The minimum Gasteiger partial charge on any atom is -0.385 e. The molecule has 0 spiro atoms. The molecule has 6 heteroatoms. The molecule has 0 saturated heterocycles. The van der Waals surface area contributed by atoms with Gasteiger partial charge in [-0.1, -0.05) is 29.4 Å². The molecule has 1 aromatic carbocycles. The summed E-state index contributed by atoms with van der Waals surface area (Å²) in [7, 11) is 1.64. The number of ether oxygens (including phenoxy) is 1. The van der Waals surface area contributed by atoms with Crippen molar-refractivity contribution in [1.82, 2.24) is 15.5 Å². The van der Waals surface area contributed by atoms with E-state index in [1.807, 2.05) is 31.2 Å². The van der Waals surface area contributed by atoms with Gasteiger partial charge in [-0.05, 0) is 18.9 Å². The van der Waals surface area contributed by atoms with Crippen LogP contribution in [0, 0.1) is 6.92 Å². The van der Waals surface area contributed by atoms with Gasteiger partial charge in [0, 0.05) is 38.7 Å². The maximum Gasteiger partial charge on any atom is 0.227 e. The normalized spacial score (nSPS) is 10.6. The second kappa shape index (κ2) is 8.29. The second-order valence-electron chi connectivity index (χ2n) is 5.02. The Bertz CT molecular complexity index is 610. The predicted molar refractivity (Wildman–Crippen MR) is 82.3 cm³/mol. The molecule has 1 aromatic heterocycles. The molecule has 118 valence electrons. The van der Waals surface area contributed by atoms with Crippen LogP contribution in [0.3, 0.4) is 0 Å². The first kappa shape index (κ1) is 16.2. The zero-order valence-corrected chi connectivity index (χ0v) is 13.0. The van der Waals surface area contributed by atoms with E-state index in [0.29, 0.717) is 37.7 Å². The number of carbonyl (C=O) groups is 1. The lowest BCUT2D eigenvalue weighted by atomic mass is 10.1. The fraction of sp³-hybridized carbons (Fsp3) is 0.438. The number of hydrogen-bond donors (Lipinski definition) is 1. The summed E-state index contributed by atoms with van der Waals surface area (Å²) in [6.45, 7) is 3.26. The van der Waals surface area contributed by atoms with Gasteiger partial charge in [0.2, 0.25) is 17.6 Å². The summed E-state index contributed by atoms with van der Waals surface area (Å²) in [4.78, 5) is 16.0. The highest BCUT2D eigenvalue weighted by Crippen LogP contribution is 2.19. The molecule has 22 heavy (non-hydrogen) atoms. The second-order valence-corrected chi connectivity index (χ2v) is 5.02. The van der Waals surface area contributed by atoms with Gasteiger partial charge >= 0.3 is 0 Å². The summed E-state index contributed by atoms with van der Waals surface area (Å²) >= 11 is 0. The third-order valence-electron chi connectivity index (χ3n) is 3.27. The average Bonchev–Trinajstić information content (AvgIpc) is 2.99. The Hall–Kier alpha value is -2.21. The van der Waals surface area contributed by atoms with Crippen molar-refractivity contribution in [3.05, 3.63) is 35.7 Å². The summed E-state index contributed by atoms with van der Waals surface area (Å²) < 4.78 is 10.1. The monoisotopic (exact) mass is 303 g/mol. The molecule has 1 amide bonds. The van der Waals surface area contributed by atoms with E-state index in [-0.39, 0.29) is 5.91 Å². The van der Waals surface area contributed by atoms with Crippen molar-refractivity contribution in [3.8, 4) is 11.4 Å². The molecule has 0 aliphatic heterocycles. The molecule has 6 nitrogen and oxygen atoms in total. The maximum atomic E-state index is 11.7. The van der Waals surface area contributed by atoms with Crippen LogP contribution in [0.2, 0.25) is 0 Å². The number of nitrogens with one attached hydrogen (secondary N) is 1. The lowest BCUT2D eigenvalue weighted by Gasteiger charge is -2.03. The molecule has 0 atom stereocenters. The van der Waals surface area contributed by atoms with Crippen molar-refractivity contribution in [2.45, 2.75) is 26.2 Å². The van der Waals surface area contributed by atoms with E-state index in [4.69, 9.17) is 9.26 Å². The van der Waals surface area contributed by atoms with E-state index in [2.05, 4.69) is 15.5 Å². The number of amides is 1. The molecule has 0 fully saturated rings. The lowest BCUT2D eigenvalue weighted by Crippen LogP contribution is -2.25. The van der Waals surface area contributed by atoms with E-state index in [1.165, 1.54) is 0 Å². The van der Waals surface area contributed by atoms with Crippen molar-refractivity contribution < 1.29 is 14.1 Å². The van der Waals surface area contributed by atoms with Crippen LogP contribution >= 0.6 is 0 Å².